The summed E-state index contributed by atoms with van der Waals surface area (Å²) in [5.41, 5.74) is 0.925. The van der Waals surface area contributed by atoms with Gasteiger partial charge in [0.15, 0.2) is 0 Å². The number of benzene rings is 1. The minimum atomic E-state index is -4.58. The fraction of sp³-hybridized carbons (Fsp3) is 0.400. The molecule has 0 aliphatic carbocycles. The summed E-state index contributed by atoms with van der Waals surface area (Å²) in [6.07, 6.45) is 0. The second-order valence-electron chi connectivity index (χ2n) is 3.67. The first kappa shape index (κ1) is 11.3. The van der Waals surface area contributed by atoms with Gasteiger partial charge in [0.25, 0.3) is 0 Å². The molecule has 1 aliphatic rings. The smallest absolute Gasteiger partial charge is 0.332 e. The molecule has 0 amide bonds. The Morgan fingerprint density at radius 3 is 2.19 bits per heavy atom. The van der Waals surface area contributed by atoms with Crippen LogP contribution in [0.1, 0.15) is 0 Å². The van der Waals surface area contributed by atoms with Crippen molar-refractivity contribution >= 4 is 15.9 Å². The third-order valence-corrected chi connectivity index (χ3v) is 3.44. The SMILES string of the molecule is O=S(=O)(F)c1ccc(N2CCNCC2)cc1. The van der Waals surface area contributed by atoms with Crippen molar-refractivity contribution in [3.63, 3.8) is 0 Å². The summed E-state index contributed by atoms with van der Waals surface area (Å²) < 4.78 is 33.9. The molecule has 1 aromatic rings. The molecule has 1 saturated heterocycles. The molecule has 0 spiro atoms. The standard InChI is InChI=1S/C10H13FN2O2S/c11-16(14,15)10-3-1-9(2-4-10)13-7-5-12-6-8-13/h1-4,12H,5-8H2. The topological polar surface area (TPSA) is 49.4 Å². The summed E-state index contributed by atoms with van der Waals surface area (Å²) in [5.74, 6) is 0. The van der Waals surface area contributed by atoms with Crippen LogP contribution in [0.15, 0.2) is 29.2 Å². The zero-order valence-electron chi connectivity index (χ0n) is 8.69. The van der Waals surface area contributed by atoms with Crippen LogP contribution < -0.4 is 10.2 Å². The van der Waals surface area contributed by atoms with Gasteiger partial charge in [-0.25, -0.2) is 0 Å². The summed E-state index contributed by atoms with van der Waals surface area (Å²) in [7, 11) is -4.58. The minimum absolute atomic E-state index is 0.286. The monoisotopic (exact) mass is 244 g/mol. The van der Waals surface area contributed by atoms with Crippen LogP contribution in [0.3, 0.4) is 0 Å². The Labute approximate surface area is 94.3 Å². The van der Waals surface area contributed by atoms with Crippen LogP contribution in [0.2, 0.25) is 0 Å². The van der Waals surface area contributed by atoms with Gasteiger partial charge in [0.2, 0.25) is 0 Å². The van der Waals surface area contributed by atoms with Gasteiger partial charge in [0.05, 0.1) is 4.90 Å². The molecular weight excluding hydrogens is 231 g/mol. The van der Waals surface area contributed by atoms with Crippen LogP contribution in [-0.2, 0) is 10.2 Å². The number of halogens is 1. The Kier molecular flexibility index (Phi) is 3.11. The van der Waals surface area contributed by atoms with Crippen molar-refractivity contribution < 1.29 is 12.3 Å². The molecule has 0 aromatic heterocycles. The summed E-state index contributed by atoms with van der Waals surface area (Å²) in [6, 6.07) is 5.87. The van der Waals surface area contributed by atoms with E-state index in [1.165, 1.54) is 12.1 Å². The molecule has 0 unspecified atom stereocenters. The van der Waals surface area contributed by atoms with Gasteiger partial charge in [-0.05, 0) is 24.3 Å². The van der Waals surface area contributed by atoms with E-state index in [-0.39, 0.29) is 4.90 Å². The number of piperazine rings is 1. The Bertz CT molecular complexity index is 452. The van der Waals surface area contributed by atoms with Gasteiger partial charge in [-0.15, -0.1) is 3.89 Å². The largest absolute Gasteiger partial charge is 0.369 e. The molecule has 0 bridgehead atoms. The molecule has 4 nitrogen and oxygen atoms in total. The highest BCUT2D eigenvalue weighted by Crippen LogP contribution is 2.19. The lowest BCUT2D eigenvalue weighted by Gasteiger charge is -2.29. The molecule has 1 N–H and O–H groups in total. The highest BCUT2D eigenvalue weighted by atomic mass is 32.3. The second-order valence-corrected chi connectivity index (χ2v) is 5.02. The number of hydrogen-bond donors (Lipinski definition) is 1. The van der Waals surface area contributed by atoms with Gasteiger partial charge in [0.1, 0.15) is 0 Å². The zero-order valence-corrected chi connectivity index (χ0v) is 9.50. The van der Waals surface area contributed by atoms with Gasteiger partial charge >= 0.3 is 10.2 Å². The predicted octanol–water partition coefficient (Wildman–Crippen LogP) is 0.754. The fourth-order valence-electron chi connectivity index (χ4n) is 1.74. The van der Waals surface area contributed by atoms with Gasteiger partial charge in [0, 0.05) is 31.9 Å². The summed E-state index contributed by atoms with van der Waals surface area (Å²) in [5, 5.41) is 3.22. The Morgan fingerprint density at radius 1 is 1.12 bits per heavy atom. The molecule has 16 heavy (non-hydrogen) atoms. The summed E-state index contributed by atoms with van der Waals surface area (Å²) in [4.78, 5) is 1.84. The molecule has 1 aliphatic heterocycles. The quantitative estimate of drug-likeness (QED) is 0.780. The van der Waals surface area contributed by atoms with Crippen molar-refractivity contribution in [1.82, 2.24) is 5.32 Å². The highest BCUT2D eigenvalue weighted by molar-refractivity contribution is 7.86. The van der Waals surface area contributed by atoms with E-state index in [9.17, 15) is 12.3 Å². The number of nitrogens with zero attached hydrogens (tertiary/aromatic N) is 1. The van der Waals surface area contributed by atoms with Gasteiger partial charge < -0.3 is 10.2 Å². The van der Waals surface area contributed by atoms with Crippen molar-refractivity contribution in [2.75, 3.05) is 31.1 Å². The van der Waals surface area contributed by atoms with Crippen molar-refractivity contribution in [2.45, 2.75) is 4.90 Å². The average molecular weight is 244 g/mol. The maximum Gasteiger partial charge on any atom is 0.332 e. The maximum atomic E-state index is 12.6. The first-order valence-electron chi connectivity index (χ1n) is 5.08. The fourth-order valence-corrected chi connectivity index (χ4v) is 2.20. The van der Waals surface area contributed by atoms with Crippen molar-refractivity contribution in [3.8, 4) is 0 Å². The first-order valence-corrected chi connectivity index (χ1v) is 6.46. The second kappa shape index (κ2) is 4.39. The third kappa shape index (κ3) is 2.51. The molecular formula is C10H13FN2O2S. The van der Waals surface area contributed by atoms with E-state index in [0.717, 1.165) is 31.9 Å². The first-order chi connectivity index (χ1) is 7.57. The third-order valence-electron chi connectivity index (χ3n) is 2.60. The minimum Gasteiger partial charge on any atom is -0.369 e. The number of hydrogen-bond acceptors (Lipinski definition) is 4. The maximum absolute atomic E-state index is 12.6. The highest BCUT2D eigenvalue weighted by Gasteiger charge is 2.14. The molecule has 1 fully saturated rings. The number of nitrogens with one attached hydrogen (secondary N) is 1. The predicted molar refractivity (Wildman–Crippen MR) is 59.8 cm³/mol. The molecule has 0 atom stereocenters. The molecule has 6 heteroatoms. The Hall–Kier alpha value is -1.14. The molecule has 2 rings (SSSR count). The van der Waals surface area contributed by atoms with Crippen molar-refractivity contribution in [2.24, 2.45) is 0 Å². The van der Waals surface area contributed by atoms with Gasteiger partial charge in [-0.1, -0.05) is 0 Å². The Morgan fingerprint density at radius 2 is 1.69 bits per heavy atom. The van der Waals surface area contributed by atoms with E-state index in [0.29, 0.717) is 0 Å². The lowest BCUT2D eigenvalue weighted by Crippen LogP contribution is -2.43. The Balaban J connectivity index is 2.18. The van der Waals surface area contributed by atoms with Gasteiger partial charge in [-0.2, -0.15) is 8.42 Å². The molecule has 88 valence electrons. The lowest BCUT2D eigenvalue weighted by atomic mass is 10.2. The molecule has 1 heterocycles. The summed E-state index contributed by atoms with van der Waals surface area (Å²) in [6.45, 7) is 3.57. The van der Waals surface area contributed by atoms with E-state index in [4.69, 9.17) is 0 Å². The lowest BCUT2D eigenvalue weighted by molar-refractivity contribution is 0.552. The average Bonchev–Trinajstić information content (AvgIpc) is 2.29. The zero-order chi connectivity index (χ0) is 11.6. The van der Waals surface area contributed by atoms with E-state index in [1.54, 1.807) is 12.1 Å². The van der Waals surface area contributed by atoms with Crippen LogP contribution in [0.25, 0.3) is 0 Å². The molecule has 0 radical (unpaired) electrons. The van der Waals surface area contributed by atoms with Crippen LogP contribution in [-0.4, -0.2) is 34.6 Å². The van der Waals surface area contributed by atoms with E-state index >= 15 is 0 Å². The normalized spacial score (nSPS) is 17.4. The molecule has 1 aromatic carbocycles. The van der Waals surface area contributed by atoms with Crippen molar-refractivity contribution in [3.05, 3.63) is 24.3 Å². The summed E-state index contributed by atoms with van der Waals surface area (Å²) >= 11 is 0. The van der Waals surface area contributed by atoms with E-state index in [1.807, 2.05) is 0 Å². The van der Waals surface area contributed by atoms with Gasteiger partial charge in [-0.3, -0.25) is 0 Å². The van der Waals surface area contributed by atoms with Crippen LogP contribution in [0, 0.1) is 0 Å². The number of rotatable bonds is 2. The number of anilines is 1. The van der Waals surface area contributed by atoms with E-state index < -0.39 is 10.2 Å². The van der Waals surface area contributed by atoms with Crippen molar-refractivity contribution in [1.29, 1.82) is 0 Å². The van der Waals surface area contributed by atoms with Crippen LogP contribution in [0.5, 0.6) is 0 Å². The van der Waals surface area contributed by atoms with Crippen LogP contribution in [0.4, 0.5) is 9.57 Å². The van der Waals surface area contributed by atoms with E-state index in [2.05, 4.69) is 10.2 Å². The van der Waals surface area contributed by atoms with Crippen LogP contribution >= 0.6 is 0 Å². The molecule has 0 saturated carbocycles.